The van der Waals surface area contributed by atoms with Gasteiger partial charge in [-0.2, -0.15) is 0 Å². The molecule has 3 nitrogen and oxygen atoms in total. The molecule has 1 saturated heterocycles. The molecule has 1 amide bonds. The normalized spacial score (nSPS) is 14.6. The Hall–Kier alpha value is -2.18. The number of carbonyl (C=O) groups is 1. The number of benzene rings is 3. The van der Waals surface area contributed by atoms with Crippen molar-refractivity contribution in [2.45, 2.75) is 6.04 Å². The lowest BCUT2D eigenvalue weighted by Crippen LogP contribution is -2.52. The van der Waals surface area contributed by atoms with Crippen molar-refractivity contribution in [3.8, 4) is 0 Å². The van der Waals surface area contributed by atoms with Crippen molar-refractivity contribution >= 4 is 28.5 Å². The number of likely N-dealkylation sites (tertiary alicyclic amines) is 1. The lowest BCUT2D eigenvalue weighted by atomic mass is 9.90. The molecule has 0 atom stereocenters. The van der Waals surface area contributed by atoms with Crippen LogP contribution in [0.4, 0.5) is 0 Å². The van der Waals surface area contributed by atoms with E-state index in [1.54, 1.807) is 0 Å². The fourth-order valence-corrected chi connectivity index (χ4v) is 4.13. The van der Waals surface area contributed by atoms with Crippen LogP contribution in [0.15, 0.2) is 84.9 Å². The van der Waals surface area contributed by atoms with Gasteiger partial charge in [0.25, 0.3) is 5.91 Å². The zero-order chi connectivity index (χ0) is 19.3. The molecule has 0 saturated carbocycles. The quantitative estimate of drug-likeness (QED) is 0.515. The summed E-state index contributed by atoms with van der Waals surface area (Å²) in [7, 11) is 0. The van der Waals surface area contributed by atoms with E-state index >= 15 is 0 Å². The van der Waals surface area contributed by atoms with Crippen LogP contribution in [0.25, 0.3) is 0 Å². The largest absolute Gasteiger partial charge is 0.352 e. The summed E-state index contributed by atoms with van der Waals surface area (Å²) in [5.74, 6) is 0.500. The highest BCUT2D eigenvalue weighted by molar-refractivity contribution is 14.1. The molecule has 0 bridgehead atoms. The zero-order valence-corrected chi connectivity index (χ0v) is 17.7. The van der Waals surface area contributed by atoms with Gasteiger partial charge in [0, 0.05) is 34.7 Å². The Kier molecular flexibility index (Phi) is 6.07. The summed E-state index contributed by atoms with van der Waals surface area (Å²) in [5, 5.41) is 3.09. The zero-order valence-electron chi connectivity index (χ0n) is 15.6. The summed E-state index contributed by atoms with van der Waals surface area (Å²) >= 11 is 2.25. The molecule has 3 aromatic rings. The topological polar surface area (TPSA) is 32.3 Å². The molecule has 0 radical (unpaired) electrons. The summed E-state index contributed by atoms with van der Waals surface area (Å²) in [4.78, 5) is 14.8. The Balaban J connectivity index is 1.37. The third-order valence-electron chi connectivity index (χ3n) is 5.24. The molecule has 142 valence electrons. The summed E-state index contributed by atoms with van der Waals surface area (Å²) in [6.07, 6.45) is 0. The van der Waals surface area contributed by atoms with E-state index in [2.05, 4.69) is 93.5 Å². The monoisotopic (exact) mass is 482 g/mol. The van der Waals surface area contributed by atoms with Crippen LogP contribution in [-0.2, 0) is 0 Å². The van der Waals surface area contributed by atoms with E-state index in [1.165, 1.54) is 11.1 Å². The molecule has 3 aromatic carbocycles. The summed E-state index contributed by atoms with van der Waals surface area (Å²) in [6.45, 7) is 2.69. The molecule has 0 aliphatic carbocycles. The van der Waals surface area contributed by atoms with Gasteiger partial charge >= 0.3 is 0 Å². The van der Waals surface area contributed by atoms with Crippen LogP contribution < -0.4 is 5.32 Å². The first-order valence-electron chi connectivity index (χ1n) is 9.58. The Labute approximate surface area is 179 Å². The molecule has 28 heavy (non-hydrogen) atoms. The molecule has 0 aromatic heterocycles. The van der Waals surface area contributed by atoms with Gasteiger partial charge in [0.05, 0.1) is 6.04 Å². The van der Waals surface area contributed by atoms with Gasteiger partial charge in [0.2, 0.25) is 0 Å². The van der Waals surface area contributed by atoms with Crippen LogP contribution in [0.1, 0.15) is 27.5 Å². The number of nitrogens with zero attached hydrogens (tertiary/aromatic N) is 1. The van der Waals surface area contributed by atoms with Gasteiger partial charge in [-0.15, -0.1) is 0 Å². The second-order valence-electron chi connectivity index (χ2n) is 7.26. The number of halogens is 1. The van der Waals surface area contributed by atoms with Gasteiger partial charge < -0.3 is 5.32 Å². The van der Waals surface area contributed by atoms with E-state index in [-0.39, 0.29) is 11.9 Å². The molecule has 0 unspecified atom stereocenters. The average molecular weight is 482 g/mol. The predicted octanol–water partition coefficient (Wildman–Crippen LogP) is 4.74. The first-order chi connectivity index (χ1) is 13.7. The maximum atomic E-state index is 12.3. The van der Waals surface area contributed by atoms with E-state index in [0.29, 0.717) is 5.92 Å². The fraction of sp³-hybridized carbons (Fsp3) is 0.208. The van der Waals surface area contributed by atoms with Gasteiger partial charge in [-0.05, 0) is 58.0 Å². The van der Waals surface area contributed by atoms with E-state index in [1.807, 2.05) is 24.3 Å². The van der Waals surface area contributed by atoms with Crippen molar-refractivity contribution in [2.75, 3.05) is 19.6 Å². The smallest absolute Gasteiger partial charge is 0.251 e. The predicted molar refractivity (Wildman–Crippen MR) is 121 cm³/mol. The summed E-state index contributed by atoms with van der Waals surface area (Å²) < 4.78 is 1.14. The second-order valence-corrected chi connectivity index (χ2v) is 8.51. The SMILES string of the molecule is O=C(NCC1CN(C(c2ccccc2)c2ccccc2)C1)c1ccc(I)cc1. The van der Waals surface area contributed by atoms with Crippen LogP contribution >= 0.6 is 22.6 Å². The maximum Gasteiger partial charge on any atom is 0.251 e. The van der Waals surface area contributed by atoms with E-state index in [9.17, 15) is 4.79 Å². The minimum Gasteiger partial charge on any atom is -0.352 e. The van der Waals surface area contributed by atoms with Crippen LogP contribution in [0.5, 0.6) is 0 Å². The van der Waals surface area contributed by atoms with Gasteiger partial charge in [-0.25, -0.2) is 0 Å². The van der Waals surface area contributed by atoms with Gasteiger partial charge in [-0.1, -0.05) is 60.7 Å². The van der Waals surface area contributed by atoms with Crippen molar-refractivity contribution in [1.82, 2.24) is 10.2 Å². The van der Waals surface area contributed by atoms with Gasteiger partial charge in [-0.3, -0.25) is 9.69 Å². The molecule has 1 N–H and O–H groups in total. The maximum absolute atomic E-state index is 12.3. The molecule has 1 fully saturated rings. The van der Waals surface area contributed by atoms with Gasteiger partial charge in [0.15, 0.2) is 0 Å². The van der Waals surface area contributed by atoms with Crippen molar-refractivity contribution in [2.24, 2.45) is 5.92 Å². The fourth-order valence-electron chi connectivity index (χ4n) is 3.77. The molecule has 1 aliphatic heterocycles. The molecule has 1 heterocycles. The molecular weight excluding hydrogens is 459 g/mol. The highest BCUT2D eigenvalue weighted by atomic mass is 127. The average Bonchev–Trinajstić information content (AvgIpc) is 2.71. The van der Waals surface area contributed by atoms with Crippen LogP contribution in [-0.4, -0.2) is 30.4 Å². The second kappa shape index (κ2) is 8.88. The minimum absolute atomic E-state index is 0.0116. The van der Waals surface area contributed by atoms with Gasteiger partial charge in [0.1, 0.15) is 0 Å². The summed E-state index contributed by atoms with van der Waals surface area (Å²) in [6, 6.07) is 29.3. The Bertz CT molecular complexity index is 867. The molecule has 4 heteroatoms. The Morgan fingerprint density at radius 1 is 0.893 bits per heavy atom. The Morgan fingerprint density at radius 2 is 1.43 bits per heavy atom. The van der Waals surface area contributed by atoms with Crippen molar-refractivity contribution < 1.29 is 4.79 Å². The Morgan fingerprint density at radius 3 is 1.96 bits per heavy atom. The first-order valence-corrected chi connectivity index (χ1v) is 10.7. The summed E-state index contributed by atoms with van der Waals surface area (Å²) in [5.41, 5.74) is 3.35. The standard InChI is InChI=1S/C24H23IN2O/c25-22-13-11-21(12-14-22)24(28)26-15-18-16-27(17-18)23(19-7-3-1-4-8-19)20-9-5-2-6-10-20/h1-14,18,23H,15-17H2,(H,26,28). The van der Waals surface area contributed by atoms with Crippen LogP contribution in [0, 0.1) is 9.49 Å². The van der Waals surface area contributed by atoms with Crippen molar-refractivity contribution in [3.63, 3.8) is 0 Å². The van der Waals surface area contributed by atoms with Crippen LogP contribution in [0.2, 0.25) is 0 Å². The van der Waals surface area contributed by atoms with E-state index in [4.69, 9.17) is 0 Å². The number of rotatable bonds is 6. The van der Waals surface area contributed by atoms with Crippen molar-refractivity contribution in [1.29, 1.82) is 0 Å². The molecule has 4 rings (SSSR count). The third-order valence-corrected chi connectivity index (χ3v) is 5.96. The third kappa shape index (κ3) is 4.45. The molecule has 0 spiro atoms. The number of hydrogen-bond acceptors (Lipinski definition) is 2. The molecular formula is C24H23IN2O. The molecule has 1 aliphatic rings. The number of nitrogens with one attached hydrogen (secondary N) is 1. The number of carbonyl (C=O) groups excluding carboxylic acids is 1. The number of hydrogen-bond donors (Lipinski definition) is 1. The highest BCUT2D eigenvalue weighted by Gasteiger charge is 2.33. The number of amides is 1. The lowest BCUT2D eigenvalue weighted by Gasteiger charge is -2.45. The van der Waals surface area contributed by atoms with E-state index in [0.717, 1.165) is 28.8 Å². The lowest BCUT2D eigenvalue weighted by molar-refractivity contribution is 0.0645. The minimum atomic E-state index is 0.0116. The van der Waals surface area contributed by atoms with Crippen molar-refractivity contribution in [3.05, 3.63) is 105 Å². The highest BCUT2D eigenvalue weighted by Crippen LogP contribution is 2.33. The van der Waals surface area contributed by atoms with Crippen LogP contribution in [0.3, 0.4) is 0 Å². The first kappa shape index (κ1) is 19.2. The van der Waals surface area contributed by atoms with E-state index < -0.39 is 0 Å².